The van der Waals surface area contributed by atoms with Crippen LogP contribution in [0.4, 0.5) is 5.82 Å². The van der Waals surface area contributed by atoms with Crippen molar-refractivity contribution in [2.24, 2.45) is 0 Å². The first kappa shape index (κ1) is 24.3. The highest BCUT2D eigenvalue weighted by atomic mass is 16.5. The van der Waals surface area contributed by atoms with Crippen LogP contribution in [-0.4, -0.2) is 49.7 Å². The molecule has 1 heterocycles. The van der Waals surface area contributed by atoms with E-state index in [1.807, 2.05) is 38.2 Å². The van der Waals surface area contributed by atoms with Gasteiger partial charge in [0.25, 0.3) is 0 Å². The van der Waals surface area contributed by atoms with Crippen LogP contribution in [0, 0.1) is 0 Å². The number of aromatic nitrogens is 2. The molecule has 1 N–H and O–H groups in total. The zero-order valence-corrected chi connectivity index (χ0v) is 20.4. The molecule has 3 rings (SSSR count). The lowest BCUT2D eigenvalue weighted by atomic mass is 10.0. The molecule has 0 fully saturated rings. The molecule has 0 saturated carbocycles. The number of rotatable bonds is 10. The van der Waals surface area contributed by atoms with Crippen LogP contribution in [-0.2, 0) is 11.2 Å². The highest BCUT2D eigenvalue weighted by Gasteiger charge is 2.15. The van der Waals surface area contributed by atoms with Gasteiger partial charge in [-0.15, -0.1) is 0 Å². The largest absolute Gasteiger partial charge is 0.493 e. The highest BCUT2D eigenvalue weighted by Crippen LogP contribution is 2.34. The minimum atomic E-state index is 0.0340. The fourth-order valence-electron chi connectivity index (χ4n) is 3.77. The van der Waals surface area contributed by atoms with Gasteiger partial charge in [-0.25, -0.2) is 9.97 Å². The lowest BCUT2D eigenvalue weighted by Gasteiger charge is -2.22. The Hall–Kier alpha value is -3.35. The number of benzene rings is 2. The summed E-state index contributed by atoms with van der Waals surface area (Å²) in [4.78, 5) is 23.4. The molecule has 1 aromatic heterocycles. The van der Waals surface area contributed by atoms with E-state index in [2.05, 4.69) is 46.2 Å². The van der Waals surface area contributed by atoms with Gasteiger partial charge in [-0.2, -0.15) is 0 Å². The lowest BCUT2D eigenvalue weighted by Crippen LogP contribution is -2.36. The molecule has 7 nitrogen and oxygen atoms in total. The third kappa shape index (κ3) is 6.12. The second-order valence-corrected chi connectivity index (χ2v) is 8.67. The van der Waals surface area contributed by atoms with Crippen molar-refractivity contribution in [1.29, 1.82) is 0 Å². The minimum absolute atomic E-state index is 0.0340. The maximum absolute atomic E-state index is 12.5. The third-order valence-electron chi connectivity index (χ3n) is 5.80. The first-order chi connectivity index (χ1) is 15.8. The third-order valence-corrected chi connectivity index (χ3v) is 5.80. The van der Waals surface area contributed by atoms with Crippen LogP contribution in [0.25, 0.3) is 10.9 Å². The van der Waals surface area contributed by atoms with Crippen molar-refractivity contribution in [2.75, 3.05) is 32.7 Å². The average molecular weight is 451 g/mol. The highest BCUT2D eigenvalue weighted by molar-refractivity contribution is 5.91. The van der Waals surface area contributed by atoms with E-state index in [1.54, 1.807) is 20.5 Å². The summed E-state index contributed by atoms with van der Waals surface area (Å²) >= 11 is 0. The van der Waals surface area contributed by atoms with E-state index >= 15 is 0 Å². The molecule has 7 heteroatoms. The Kier molecular flexibility index (Phi) is 8.09. The Morgan fingerprint density at radius 3 is 2.33 bits per heavy atom. The van der Waals surface area contributed by atoms with Gasteiger partial charge in [-0.1, -0.05) is 38.1 Å². The number of anilines is 1. The number of nitrogens with zero attached hydrogens (tertiary/aromatic N) is 3. The summed E-state index contributed by atoms with van der Waals surface area (Å²) in [5.41, 5.74) is 3.09. The zero-order chi connectivity index (χ0) is 24.0. The molecule has 1 unspecified atom stereocenters. The molecule has 0 aliphatic carbocycles. The predicted molar refractivity (Wildman–Crippen MR) is 132 cm³/mol. The second-order valence-electron chi connectivity index (χ2n) is 8.67. The molecule has 0 radical (unpaired) electrons. The number of amides is 1. The van der Waals surface area contributed by atoms with E-state index < -0.39 is 0 Å². The van der Waals surface area contributed by atoms with Gasteiger partial charge in [0.05, 0.1) is 26.2 Å². The fourth-order valence-corrected chi connectivity index (χ4v) is 3.77. The summed E-state index contributed by atoms with van der Waals surface area (Å²) in [7, 11) is 5.21. The van der Waals surface area contributed by atoms with Crippen LogP contribution < -0.4 is 19.7 Å². The molecule has 0 saturated heterocycles. The fraction of sp³-hybridized carbons (Fsp3) is 0.423. The van der Waals surface area contributed by atoms with E-state index in [4.69, 9.17) is 9.47 Å². The number of hydrogen-bond acceptors (Lipinski definition) is 6. The molecule has 0 bridgehead atoms. The summed E-state index contributed by atoms with van der Waals surface area (Å²) in [5.74, 6) is 2.60. The van der Waals surface area contributed by atoms with Crippen LogP contribution in [0.15, 0.2) is 42.7 Å². The Labute approximate surface area is 196 Å². The first-order valence-corrected chi connectivity index (χ1v) is 11.3. The van der Waals surface area contributed by atoms with Gasteiger partial charge in [-0.3, -0.25) is 4.79 Å². The van der Waals surface area contributed by atoms with Gasteiger partial charge >= 0.3 is 0 Å². The summed E-state index contributed by atoms with van der Waals surface area (Å²) in [5, 5.41) is 4.00. The Balaban J connectivity index is 1.59. The molecule has 2 aromatic carbocycles. The Bertz CT molecular complexity index is 1080. The topological polar surface area (TPSA) is 76.6 Å². The molecular weight excluding hydrogens is 416 g/mol. The van der Waals surface area contributed by atoms with Gasteiger partial charge in [0, 0.05) is 31.1 Å². The first-order valence-electron chi connectivity index (χ1n) is 11.3. The van der Waals surface area contributed by atoms with Crippen molar-refractivity contribution in [3.63, 3.8) is 0 Å². The van der Waals surface area contributed by atoms with Crippen LogP contribution in [0.3, 0.4) is 0 Å². The maximum Gasteiger partial charge on any atom is 0.224 e. The van der Waals surface area contributed by atoms with Crippen LogP contribution in [0.1, 0.15) is 44.2 Å². The molecule has 0 spiro atoms. The van der Waals surface area contributed by atoms with E-state index in [1.165, 1.54) is 5.56 Å². The average Bonchev–Trinajstić information content (AvgIpc) is 2.81. The normalized spacial score (nSPS) is 12.0. The quantitative estimate of drug-likeness (QED) is 0.495. The molecule has 0 aliphatic heterocycles. The molecule has 33 heavy (non-hydrogen) atoms. The number of methoxy groups -OCH3 is 2. The predicted octanol–water partition coefficient (Wildman–Crippen LogP) is 4.34. The Morgan fingerprint density at radius 2 is 1.70 bits per heavy atom. The van der Waals surface area contributed by atoms with Crippen molar-refractivity contribution in [3.8, 4) is 11.5 Å². The van der Waals surface area contributed by atoms with E-state index in [-0.39, 0.29) is 11.9 Å². The van der Waals surface area contributed by atoms with Gasteiger partial charge in [0.2, 0.25) is 5.91 Å². The van der Waals surface area contributed by atoms with Crippen molar-refractivity contribution < 1.29 is 14.3 Å². The SMILES string of the molecule is COc1cc2ncnc(N(C)CCC(C)NC(=O)Cc3ccc(C(C)C)cc3)c2cc1OC. The number of carbonyl (C=O) groups is 1. The number of fused-ring (bicyclic) bond motifs is 1. The van der Waals surface area contributed by atoms with E-state index in [9.17, 15) is 4.79 Å². The van der Waals surface area contributed by atoms with Gasteiger partial charge in [0.1, 0.15) is 12.1 Å². The lowest BCUT2D eigenvalue weighted by molar-refractivity contribution is -0.121. The standard InChI is InChI=1S/C26H34N4O3/c1-17(2)20-9-7-19(8-10-20)13-25(31)29-18(3)11-12-30(4)26-21-14-23(32-5)24(33-6)15-22(21)27-16-28-26/h7-10,14-18H,11-13H2,1-6H3,(H,29,31). The summed E-state index contributed by atoms with van der Waals surface area (Å²) in [6.07, 6.45) is 2.72. The minimum Gasteiger partial charge on any atom is -0.493 e. The number of carbonyl (C=O) groups excluding carboxylic acids is 1. The van der Waals surface area contributed by atoms with Crippen LogP contribution in [0.5, 0.6) is 11.5 Å². The molecule has 1 atom stereocenters. The Morgan fingerprint density at radius 1 is 1.03 bits per heavy atom. The molecule has 3 aromatic rings. The summed E-state index contributed by atoms with van der Waals surface area (Å²) in [6, 6.07) is 12.1. The zero-order valence-electron chi connectivity index (χ0n) is 20.4. The van der Waals surface area contributed by atoms with Crippen molar-refractivity contribution in [1.82, 2.24) is 15.3 Å². The van der Waals surface area contributed by atoms with Crippen LogP contribution in [0.2, 0.25) is 0 Å². The van der Waals surface area contributed by atoms with Gasteiger partial charge < -0.3 is 19.7 Å². The molecule has 0 aliphatic rings. The van der Waals surface area contributed by atoms with E-state index in [0.717, 1.165) is 35.2 Å². The number of nitrogens with one attached hydrogen (secondary N) is 1. The summed E-state index contributed by atoms with van der Waals surface area (Å²) in [6.45, 7) is 7.08. The molecule has 1 amide bonds. The number of ether oxygens (including phenoxy) is 2. The number of hydrogen-bond donors (Lipinski definition) is 1. The second kappa shape index (κ2) is 11.0. The van der Waals surface area contributed by atoms with Crippen LogP contribution >= 0.6 is 0 Å². The van der Waals surface area contributed by atoms with Crippen molar-refractivity contribution >= 4 is 22.6 Å². The monoisotopic (exact) mass is 450 g/mol. The van der Waals surface area contributed by atoms with Gasteiger partial charge in [-0.05, 0) is 36.5 Å². The maximum atomic E-state index is 12.5. The van der Waals surface area contributed by atoms with E-state index in [0.29, 0.717) is 23.8 Å². The molecule has 176 valence electrons. The molecular formula is C26H34N4O3. The van der Waals surface area contributed by atoms with Crippen molar-refractivity contribution in [2.45, 2.75) is 45.6 Å². The smallest absolute Gasteiger partial charge is 0.224 e. The summed E-state index contributed by atoms with van der Waals surface area (Å²) < 4.78 is 10.8. The van der Waals surface area contributed by atoms with Gasteiger partial charge in [0.15, 0.2) is 11.5 Å². The van der Waals surface area contributed by atoms with Crippen molar-refractivity contribution in [3.05, 3.63) is 53.9 Å².